The number of ether oxygens (including phenoxy) is 1. The Morgan fingerprint density at radius 3 is 2.35 bits per heavy atom. The van der Waals surface area contributed by atoms with Crippen molar-refractivity contribution in [3.8, 4) is 0 Å². The van der Waals surface area contributed by atoms with Crippen molar-refractivity contribution in [1.29, 1.82) is 0 Å². The Balaban J connectivity index is 1.97. The summed E-state index contributed by atoms with van der Waals surface area (Å²) in [7, 11) is 0. The summed E-state index contributed by atoms with van der Waals surface area (Å²) >= 11 is 2.71. The maximum atomic E-state index is 12.7. The van der Waals surface area contributed by atoms with E-state index in [0.29, 0.717) is 36.0 Å². The van der Waals surface area contributed by atoms with Gasteiger partial charge in [0.05, 0.1) is 19.0 Å². The zero-order chi connectivity index (χ0) is 25.3. The Morgan fingerprint density at radius 1 is 1.21 bits per heavy atom. The maximum Gasteiger partial charge on any atom is 0.415 e. The lowest BCUT2D eigenvalue weighted by Crippen LogP contribution is -2.70. The summed E-state index contributed by atoms with van der Waals surface area (Å²) in [5, 5.41) is 11.4. The molecule has 1 saturated heterocycles. The van der Waals surface area contributed by atoms with Gasteiger partial charge in [0.25, 0.3) is 5.91 Å². The number of carboxylic acids is 1. The highest BCUT2D eigenvalue weighted by molar-refractivity contribution is 8.57. The number of carbonyl (C=O) groups is 4. The fraction of sp³-hybridized carbons (Fsp3) is 0.625. The summed E-state index contributed by atoms with van der Waals surface area (Å²) < 4.78 is 37.5. The fourth-order valence-corrected chi connectivity index (χ4v) is 8.14. The summed E-state index contributed by atoms with van der Waals surface area (Å²) in [6.07, 6.45) is 0. The molecule has 2 rings (SSSR count). The first kappa shape index (κ1) is 29.3. The molecule has 13 nitrogen and oxygen atoms in total. The summed E-state index contributed by atoms with van der Waals surface area (Å²) in [6.45, 7) is 1.05. The number of hydrogen-bond acceptors (Lipinski definition) is 14. The minimum absolute atomic E-state index is 0.199. The lowest BCUT2D eigenvalue weighted by Gasteiger charge is -2.49. The molecule has 2 atom stereocenters. The smallest absolute Gasteiger partial charge is 0.415 e. The van der Waals surface area contributed by atoms with E-state index in [1.54, 1.807) is 13.8 Å². The minimum atomic E-state index is -3.85. The first-order chi connectivity index (χ1) is 16.1. The van der Waals surface area contributed by atoms with Crippen molar-refractivity contribution in [1.82, 2.24) is 10.2 Å². The van der Waals surface area contributed by atoms with Crippen molar-refractivity contribution in [2.45, 2.75) is 32.2 Å². The average molecular weight is 579 g/mol. The van der Waals surface area contributed by atoms with Crippen molar-refractivity contribution in [2.75, 3.05) is 31.3 Å². The largest absolute Gasteiger partial charge is 0.477 e. The zero-order valence-electron chi connectivity index (χ0n) is 18.2. The second-order valence-electron chi connectivity index (χ2n) is 6.31. The number of carbonyl (C=O) groups excluding carboxylic acids is 3. The highest BCUT2D eigenvalue weighted by atomic mass is 32.7. The van der Waals surface area contributed by atoms with Crippen LogP contribution in [-0.2, 0) is 44.8 Å². The second-order valence-corrected chi connectivity index (χ2v) is 12.9. The number of nitrogens with zero attached hydrogens (tertiary/aromatic N) is 1. The van der Waals surface area contributed by atoms with Crippen LogP contribution in [0.25, 0.3) is 0 Å². The predicted molar refractivity (Wildman–Crippen MR) is 127 cm³/mol. The van der Waals surface area contributed by atoms with Crippen LogP contribution < -0.4 is 5.32 Å². The molecule has 0 aromatic heterocycles. The summed E-state index contributed by atoms with van der Waals surface area (Å²) in [4.78, 5) is 48.9. The summed E-state index contributed by atoms with van der Waals surface area (Å²) in [5.74, 6) is -3.35. The van der Waals surface area contributed by atoms with Crippen LogP contribution in [0.15, 0.2) is 11.3 Å². The standard InChI is InChI=1S/C16H23N2O11PS4/c1-4-26-33-28-30(24,29-34-27-5-2)32-8-11(20)17-12-14(21)18-13(16(22)23)10(6-25-9(3)19)7-31-15(12)18/h12,15H,4-8H2,1-3H3,(H,17,20)(H,22,23)/t12-,15-/m1/s1. The first-order valence-electron chi connectivity index (χ1n) is 9.66. The molecule has 0 unspecified atom stereocenters. The third-order valence-corrected chi connectivity index (χ3v) is 11.0. The molecule has 2 aliphatic heterocycles. The molecule has 2 heterocycles. The molecule has 18 heteroatoms. The van der Waals surface area contributed by atoms with Crippen LogP contribution in [0.4, 0.5) is 0 Å². The predicted octanol–water partition coefficient (Wildman–Crippen LogP) is 2.36. The number of carboxylic acid groups (broad SMARTS) is 1. The summed E-state index contributed by atoms with van der Waals surface area (Å²) in [6, 6.07) is -0.973. The number of β-lactam (4-membered cyclic amide) rings is 1. The first-order valence-corrected chi connectivity index (χ1v) is 15.2. The van der Waals surface area contributed by atoms with Gasteiger partial charge < -0.3 is 15.2 Å². The van der Waals surface area contributed by atoms with Gasteiger partial charge in [0.1, 0.15) is 23.7 Å². The van der Waals surface area contributed by atoms with Crippen molar-refractivity contribution in [2.24, 2.45) is 0 Å². The molecule has 0 saturated carbocycles. The number of fused-ring (bicyclic) bond motifs is 1. The molecule has 0 radical (unpaired) electrons. The van der Waals surface area contributed by atoms with E-state index >= 15 is 0 Å². The van der Waals surface area contributed by atoms with Gasteiger partial charge in [0, 0.05) is 18.2 Å². The van der Waals surface area contributed by atoms with Gasteiger partial charge in [-0.15, -0.1) is 11.8 Å². The van der Waals surface area contributed by atoms with Crippen molar-refractivity contribution >= 4 is 78.3 Å². The van der Waals surface area contributed by atoms with E-state index in [1.165, 1.54) is 18.7 Å². The molecule has 0 aromatic carbocycles. The number of amides is 2. The van der Waals surface area contributed by atoms with Crippen LogP contribution in [-0.4, -0.2) is 76.5 Å². The number of esters is 1. The Hall–Kier alpha value is -0.910. The second kappa shape index (κ2) is 14.0. The molecular formula is C16H23N2O11PS4. The maximum absolute atomic E-state index is 12.7. The molecule has 0 bridgehead atoms. The topological polar surface area (TPSA) is 167 Å². The highest BCUT2D eigenvalue weighted by Crippen LogP contribution is 2.65. The highest BCUT2D eigenvalue weighted by Gasteiger charge is 2.54. The molecule has 0 aromatic rings. The zero-order valence-corrected chi connectivity index (χ0v) is 22.4. The summed E-state index contributed by atoms with van der Waals surface area (Å²) in [5.41, 5.74) is 0.0218. The molecule has 34 heavy (non-hydrogen) atoms. The fourth-order valence-electron chi connectivity index (χ4n) is 2.61. The Kier molecular flexibility index (Phi) is 12.1. The van der Waals surface area contributed by atoms with E-state index in [2.05, 4.69) is 5.32 Å². The molecule has 0 spiro atoms. The van der Waals surface area contributed by atoms with Crippen LogP contribution >= 0.6 is 54.6 Å². The van der Waals surface area contributed by atoms with Gasteiger partial charge in [0.15, 0.2) is 24.6 Å². The van der Waals surface area contributed by atoms with E-state index in [-0.39, 0.29) is 42.6 Å². The van der Waals surface area contributed by atoms with Crippen LogP contribution in [0.1, 0.15) is 20.8 Å². The van der Waals surface area contributed by atoms with Crippen LogP contribution in [0, 0.1) is 0 Å². The normalized spacial score (nSPS) is 20.0. The van der Waals surface area contributed by atoms with Gasteiger partial charge in [0.2, 0.25) is 5.91 Å². The number of hydrogen-bond donors (Lipinski definition) is 2. The van der Waals surface area contributed by atoms with Gasteiger partial charge in [-0.2, -0.15) is 0 Å². The van der Waals surface area contributed by atoms with E-state index in [0.717, 1.165) is 4.90 Å². The minimum Gasteiger partial charge on any atom is -0.477 e. The number of thioether (sulfide) groups is 1. The average Bonchev–Trinajstić information content (AvgIpc) is 2.79. The van der Waals surface area contributed by atoms with Gasteiger partial charge in [-0.1, -0.05) is 0 Å². The Bertz CT molecular complexity index is 860. The van der Waals surface area contributed by atoms with Gasteiger partial charge in [-0.05, 0) is 25.2 Å². The Morgan fingerprint density at radius 2 is 1.82 bits per heavy atom. The van der Waals surface area contributed by atoms with Gasteiger partial charge in [-0.25, -0.2) is 17.3 Å². The quantitative estimate of drug-likeness (QED) is 0.0954. The molecule has 1 fully saturated rings. The SMILES string of the molecule is CCOSOP(=O)(OSOCC)SCC(=O)N[C@@H]1C(=O)N2C(C(=O)O)=C(COC(C)=O)CS[C@H]12. The number of nitrogens with one attached hydrogen (secondary N) is 1. The van der Waals surface area contributed by atoms with E-state index < -0.39 is 42.0 Å². The third-order valence-electron chi connectivity index (χ3n) is 3.95. The van der Waals surface area contributed by atoms with Crippen molar-refractivity contribution in [3.05, 3.63) is 11.3 Å². The van der Waals surface area contributed by atoms with Crippen LogP contribution in [0.5, 0.6) is 0 Å². The van der Waals surface area contributed by atoms with Crippen molar-refractivity contribution < 1.29 is 49.9 Å². The monoisotopic (exact) mass is 578 g/mol. The van der Waals surface area contributed by atoms with E-state index in [1.807, 2.05) is 0 Å². The van der Waals surface area contributed by atoms with Gasteiger partial charge in [-0.3, -0.25) is 27.6 Å². The van der Waals surface area contributed by atoms with Crippen LogP contribution in [0.2, 0.25) is 0 Å². The lowest BCUT2D eigenvalue weighted by molar-refractivity contribution is -0.150. The molecular weight excluding hydrogens is 555 g/mol. The molecule has 2 amide bonds. The molecule has 0 aliphatic carbocycles. The van der Waals surface area contributed by atoms with E-state index in [4.69, 9.17) is 21.0 Å². The number of rotatable bonds is 15. The lowest BCUT2D eigenvalue weighted by atomic mass is 10.0. The number of aliphatic carboxylic acids is 1. The van der Waals surface area contributed by atoms with Gasteiger partial charge >= 0.3 is 18.7 Å². The molecule has 192 valence electrons. The van der Waals surface area contributed by atoms with E-state index in [9.17, 15) is 28.8 Å². The molecule has 2 aliphatic rings. The molecule has 2 N–H and O–H groups in total. The Labute approximate surface area is 212 Å². The third kappa shape index (κ3) is 8.06. The van der Waals surface area contributed by atoms with Crippen LogP contribution in [0.3, 0.4) is 0 Å². The van der Waals surface area contributed by atoms with Crippen molar-refractivity contribution in [3.63, 3.8) is 0 Å².